The molecular formula is C14H14Cl2N2O2. The molecule has 106 valence electrons. The van der Waals surface area contributed by atoms with E-state index < -0.39 is 0 Å². The predicted octanol–water partition coefficient (Wildman–Crippen LogP) is 4.28. The van der Waals surface area contributed by atoms with E-state index in [9.17, 15) is 10.2 Å². The zero-order chi connectivity index (χ0) is 14.9. The van der Waals surface area contributed by atoms with Crippen molar-refractivity contribution in [3.05, 3.63) is 45.7 Å². The maximum Gasteiger partial charge on any atom is 0.154 e. The molecule has 20 heavy (non-hydrogen) atoms. The van der Waals surface area contributed by atoms with E-state index in [-0.39, 0.29) is 22.7 Å². The fourth-order valence-corrected chi connectivity index (χ4v) is 2.55. The second-order valence-electron chi connectivity index (χ2n) is 4.54. The maximum atomic E-state index is 9.85. The number of pyridine rings is 1. The molecule has 6 heteroatoms. The highest BCUT2D eigenvalue weighted by Gasteiger charge is 2.15. The summed E-state index contributed by atoms with van der Waals surface area (Å²) in [4.78, 5) is 3.98. The molecule has 1 aromatic carbocycles. The summed E-state index contributed by atoms with van der Waals surface area (Å²) in [6.45, 7) is 3.74. The summed E-state index contributed by atoms with van der Waals surface area (Å²) < 4.78 is 0. The number of aryl methyl sites for hydroxylation is 1. The Bertz CT molecular complexity index is 624. The number of phenols is 2. The van der Waals surface area contributed by atoms with Crippen molar-refractivity contribution in [3.8, 4) is 11.5 Å². The largest absolute Gasteiger partial charge is 0.508 e. The summed E-state index contributed by atoms with van der Waals surface area (Å²) >= 11 is 11.9. The Kier molecular flexibility index (Phi) is 4.26. The van der Waals surface area contributed by atoms with Crippen molar-refractivity contribution in [2.45, 2.75) is 19.9 Å². The van der Waals surface area contributed by atoms with Crippen molar-refractivity contribution in [2.24, 2.45) is 0 Å². The lowest BCUT2D eigenvalue weighted by molar-refractivity contribution is 0.444. The van der Waals surface area contributed by atoms with E-state index >= 15 is 0 Å². The Labute approximate surface area is 127 Å². The van der Waals surface area contributed by atoms with E-state index in [0.717, 1.165) is 5.56 Å². The Balaban J connectivity index is 2.30. The highest BCUT2D eigenvalue weighted by atomic mass is 35.5. The highest BCUT2D eigenvalue weighted by Crippen LogP contribution is 2.33. The third-order valence-electron chi connectivity index (χ3n) is 2.98. The van der Waals surface area contributed by atoms with Crippen molar-refractivity contribution in [3.63, 3.8) is 0 Å². The van der Waals surface area contributed by atoms with E-state index in [2.05, 4.69) is 10.3 Å². The van der Waals surface area contributed by atoms with Gasteiger partial charge in [-0.3, -0.25) is 0 Å². The highest BCUT2D eigenvalue weighted by molar-refractivity contribution is 6.34. The topological polar surface area (TPSA) is 65.4 Å². The number of halogens is 2. The van der Waals surface area contributed by atoms with Crippen LogP contribution in [0.4, 0.5) is 5.69 Å². The number of aromatic hydroxyl groups is 2. The van der Waals surface area contributed by atoms with Gasteiger partial charge in [-0.25, -0.2) is 4.98 Å². The van der Waals surface area contributed by atoms with Crippen LogP contribution in [0.1, 0.15) is 24.1 Å². The minimum absolute atomic E-state index is 0.0145. The summed E-state index contributed by atoms with van der Waals surface area (Å²) in [7, 11) is 0. The smallest absolute Gasteiger partial charge is 0.154 e. The molecule has 0 amide bonds. The van der Waals surface area contributed by atoms with Gasteiger partial charge in [-0.2, -0.15) is 0 Å². The van der Waals surface area contributed by atoms with Gasteiger partial charge in [0.2, 0.25) is 0 Å². The van der Waals surface area contributed by atoms with Crippen molar-refractivity contribution in [2.75, 3.05) is 5.32 Å². The van der Waals surface area contributed by atoms with Crippen LogP contribution in [0.25, 0.3) is 0 Å². The second kappa shape index (κ2) is 5.77. The van der Waals surface area contributed by atoms with Gasteiger partial charge in [0.15, 0.2) is 5.15 Å². The van der Waals surface area contributed by atoms with Crippen LogP contribution < -0.4 is 5.32 Å². The number of nitrogens with one attached hydrogen (secondary N) is 1. The lowest BCUT2D eigenvalue weighted by Gasteiger charge is -2.19. The molecule has 3 N–H and O–H groups in total. The number of anilines is 1. The summed E-state index contributed by atoms with van der Waals surface area (Å²) in [6.07, 6.45) is 0. The van der Waals surface area contributed by atoms with E-state index in [1.165, 1.54) is 12.1 Å². The maximum absolute atomic E-state index is 9.85. The van der Waals surface area contributed by atoms with E-state index in [1.54, 1.807) is 12.1 Å². The van der Waals surface area contributed by atoms with Crippen molar-refractivity contribution in [1.82, 2.24) is 4.98 Å². The van der Waals surface area contributed by atoms with Crippen LogP contribution >= 0.6 is 23.2 Å². The van der Waals surface area contributed by atoms with Crippen LogP contribution in [0.15, 0.2) is 24.3 Å². The van der Waals surface area contributed by atoms with Crippen molar-refractivity contribution in [1.29, 1.82) is 0 Å². The van der Waals surface area contributed by atoms with Gasteiger partial charge in [0.05, 0.1) is 11.7 Å². The molecule has 0 bridgehead atoms. The Morgan fingerprint density at radius 1 is 1.20 bits per heavy atom. The molecule has 1 unspecified atom stereocenters. The fraction of sp³-hybridized carbons (Fsp3) is 0.214. The molecule has 2 rings (SSSR count). The third-order valence-corrected chi connectivity index (χ3v) is 3.45. The summed E-state index contributed by atoms with van der Waals surface area (Å²) in [6, 6.07) is 5.95. The zero-order valence-corrected chi connectivity index (χ0v) is 12.5. The normalized spacial score (nSPS) is 12.2. The molecular weight excluding hydrogens is 299 g/mol. The molecule has 0 aliphatic carbocycles. The monoisotopic (exact) mass is 312 g/mol. The first-order chi connectivity index (χ1) is 9.38. The van der Waals surface area contributed by atoms with Crippen LogP contribution in [0.5, 0.6) is 11.5 Å². The molecule has 0 fully saturated rings. The second-order valence-corrected chi connectivity index (χ2v) is 5.28. The molecule has 0 aliphatic heterocycles. The first kappa shape index (κ1) is 14.8. The molecule has 1 atom stereocenters. The summed E-state index contributed by atoms with van der Waals surface area (Å²) in [5.74, 6) is 0.0292. The molecule has 0 saturated carbocycles. The molecule has 2 aromatic rings. The zero-order valence-electron chi connectivity index (χ0n) is 11.0. The molecule has 0 aliphatic rings. The Morgan fingerprint density at radius 2 is 1.90 bits per heavy atom. The number of hydrogen-bond donors (Lipinski definition) is 3. The van der Waals surface area contributed by atoms with Crippen LogP contribution in [-0.4, -0.2) is 15.2 Å². The van der Waals surface area contributed by atoms with E-state index in [0.29, 0.717) is 16.4 Å². The van der Waals surface area contributed by atoms with Gasteiger partial charge >= 0.3 is 0 Å². The average molecular weight is 313 g/mol. The number of aromatic nitrogens is 1. The standard InChI is InChI=1S/C14H14Cl2N2O2/c1-7-5-12(15)18-14(16)13(7)17-8(2)10-4-3-9(19)6-11(10)20/h3-6,8,17,19-20H,1-2H3. The third kappa shape index (κ3) is 3.08. The van der Waals surface area contributed by atoms with Crippen LogP contribution in [-0.2, 0) is 0 Å². The van der Waals surface area contributed by atoms with E-state index in [4.69, 9.17) is 23.2 Å². The summed E-state index contributed by atoms with van der Waals surface area (Å²) in [5.41, 5.74) is 2.17. The molecule has 4 nitrogen and oxygen atoms in total. The fourth-order valence-electron chi connectivity index (χ4n) is 1.96. The first-order valence-corrected chi connectivity index (χ1v) is 6.75. The first-order valence-electron chi connectivity index (χ1n) is 5.99. The molecule has 1 aromatic heterocycles. The number of phenolic OH excluding ortho intramolecular Hbond substituents is 2. The minimum Gasteiger partial charge on any atom is -0.508 e. The number of rotatable bonds is 3. The number of hydrogen-bond acceptors (Lipinski definition) is 4. The lowest BCUT2D eigenvalue weighted by atomic mass is 10.1. The molecule has 0 radical (unpaired) electrons. The average Bonchev–Trinajstić information content (AvgIpc) is 2.33. The molecule has 1 heterocycles. The van der Waals surface area contributed by atoms with Gasteiger partial charge in [-0.15, -0.1) is 0 Å². The number of nitrogens with zero attached hydrogens (tertiary/aromatic N) is 1. The number of benzene rings is 1. The molecule has 0 saturated heterocycles. The van der Waals surface area contributed by atoms with Gasteiger partial charge < -0.3 is 15.5 Å². The minimum atomic E-state index is -0.213. The van der Waals surface area contributed by atoms with Crippen molar-refractivity contribution >= 4 is 28.9 Å². The quantitative estimate of drug-likeness (QED) is 0.740. The van der Waals surface area contributed by atoms with E-state index in [1.807, 2.05) is 13.8 Å². The Hall–Kier alpha value is -1.65. The van der Waals surface area contributed by atoms with Crippen LogP contribution in [0.3, 0.4) is 0 Å². The van der Waals surface area contributed by atoms with Gasteiger partial charge in [0.25, 0.3) is 0 Å². The SMILES string of the molecule is Cc1cc(Cl)nc(Cl)c1NC(C)c1ccc(O)cc1O. The summed E-state index contributed by atoms with van der Waals surface area (Å²) in [5, 5.41) is 23.0. The van der Waals surface area contributed by atoms with Gasteiger partial charge in [0, 0.05) is 11.6 Å². The molecule has 0 spiro atoms. The predicted molar refractivity (Wildman–Crippen MR) is 80.8 cm³/mol. The van der Waals surface area contributed by atoms with Crippen LogP contribution in [0.2, 0.25) is 10.3 Å². The van der Waals surface area contributed by atoms with Gasteiger partial charge in [-0.05, 0) is 37.6 Å². The van der Waals surface area contributed by atoms with Gasteiger partial charge in [0.1, 0.15) is 16.7 Å². The Morgan fingerprint density at radius 3 is 2.50 bits per heavy atom. The van der Waals surface area contributed by atoms with Gasteiger partial charge in [-0.1, -0.05) is 23.2 Å². The van der Waals surface area contributed by atoms with Crippen LogP contribution in [0, 0.1) is 6.92 Å². The lowest BCUT2D eigenvalue weighted by Crippen LogP contribution is -2.09. The van der Waals surface area contributed by atoms with Crippen molar-refractivity contribution < 1.29 is 10.2 Å².